The van der Waals surface area contributed by atoms with E-state index >= 15 is 0 Å². The first-order valence-corrected chi connectivity index (χ1v) is 12.1. The lowest BCUT2D eigenvalue weighted by Gasteiger charge is -2.42. The van der Waals surface area contributed by atoms with Crippen LogP contribution < -0.4 is 10.1 Å². The van der Waals surface area contributed by atoms with E-state index in [4.69, 9.17) is 4.74 Å². The number of hydrogen-bond donors (Lipinski definition) is 1. The molecule has 2 aromatic rings. The lowest BCUT2D eigenvalue weighted by atomic mass is 9.62. The molecule has 0 spiro atoms. The van der Waals surface area contributed by atoms with Gasteiger partial charge in [0.1, 0.15) is 5.75 Å². The molecule has 1 aliphatic heterocycles. The highest BCUT2D eigenvalue weighted by molar-refractivity contribution is 8.15. The second kappa shape index (κ2) is 8.33. The zero-order valence-electron chi connectivity index (χ0n) is 19.9. The quantitative estimate of drug-likeness (QED) is 0.522. The maximum Gasteiger partial charge on any atom is 0.417 e. The van der Waals surface area contributed by atoms with Crippen molar-refractivity contribution in [2.24, 2.45) is 0 Å². The number of halogens is 3. The molecule has 2 aromatic carbocycles. The van der Waals surface area contributed by atoms with Crippen molar-refractivity contribution in [3.8, 4) is 16.9 Å². The monoisotopic (exact) mass is 491 g/mol. The highest BCUT2D eigenvalue weighted by atomic mass is 32.2. The van der Waals surface area contributed by atoms with Crippen molar-refractivity contribution in [1.82, 2.24) is 5.32 Å². The third-order valence-corrected chi connectivity index (χ3v) is 8.05. The Morgan fingerprint density at radius 3 is 2.21 bits per heavy atom. The van der Waals surface area contributed by atoms with E-state index in [2.05, 4.69) is 19.2 Å². The van der Waals surface area contributed by atoms with Crippen LogP contribution in [0.3, 0.4) is 0 Å². The van der Waals surface area contributed by atoms with Gasteiger partial charge in [0.05, 0.1) is 17.9 Å². The first-order chi connectivity index (χ1) is 15.7. The van der Waals surface area contributed by atoms with Crippen LogP contribution in [0.1, 0.15) is 62.8 Å². The van der Waals surface area contributed by atoms with E-state index in [1.165, 1.54) is 13.2 Å². The lowest BCUT2D eigenvalue weighted by molar-refractivity contribution is -0.137. The normalized spacial score (nSPS) is 21.2. The number of amides is 2. The number of nitrogens with one attached hydrogen (secondary N) is 1. The summed E-state index contributed by atoms with van der Waals surface area (Å²) in [5.41, 5.74) is 1.10. The molecule has 1 aliphatic carbocycles. The number of ether oxygens (including phenoxy) is 1. The highest BCUT2D eigenvalue weighted by Gasteiger charge is 2.43. The van der Waals surface area contributed by atoms with Crippen LogP contribution in [0.2, 0.25) is 0 Å². The summed E-state index contributed by atoms with van der Waals surface area (Å²) >= 11 is 0.855. The molecule has 0 bridgehead atoms. The molecular formula is C26H28F3NO3S. The van der Waals surface area contributed by atoms with Crippen molar-refractivity contribution < 1.29 is 27.5 Å². The number of carbonyl (C=O) groups excluding carboxylic acids is 2. The number of benzene rings is 2. The first kappa shape index (κ1) is 24.6. The summed E-state index contributed by atoms with van der Waals surface area (Å²) in [7, 11) is 1.42. The summed E-state index contributed by atoms with van der Waals surface area (Å²) in [5, 5.41) is 1.09. The Balaban J connectivity index is 1.99. The number of thioether (sulfide) groups is 1. The molecule has 1 heterocycles. The number of carbonyl (C=O) groups is 2. The van der Waals surface area contributed by atoms with Gasteiger partial charge in [0, 0.05) is 5.56 Å². The Kier molecular flexibility index (Phi) is 6.03. The van der Waals surface area contributed by atoms with Crippen LogP contribution in [0.15, 0.2) is 30.3 Å². The van der Waals surface area contributed by atoms with E-state index in [0.717, 1.165) is 30.2 Å². The second-order valence-corrected chi connectivity index (χ2v) is 11.5. The Morgan fingerprint density at radius 2 is 1.68 bits per heavy atom. The number of rotatable bonds is 4. The first-order valence-electron chi connectivity index (χ1n) is 11.2. The summed E-state index contributed by atoms with van der Waals surface area (Å²) in [6.07, 6.45) is -2.82. The third-order valence-electron chi connectivity index (χ3n) is 7.07. The zero-order chi connectivity index (χ0) is 25.1. The van der Waals surface area contributed by atoms with Crippen molar-refractivity contribution >= 4 is 22.9 Å². The predicted octanol–water partition coefficient (Wildman–Crippen LogP) is 6.62. The van der Waals surface area contributed by atoms with Gasteiger partial charge in [-0.25, -0.2) is 0 Å². The SMILES string of the molecule is COc1cccc(CC2SC(=O)NC2=O)c1-c1cc2c(cc1C(F)(F)F)C(C)(C)CCC2(C)C. The molecule has 2 aliphatic rings. The number of fused-ring (bicyclic) bond motifs is 1. The van der Waals surface area contributed by atoms with Crippen molar-refractivity contribution in [3.63, 3.8) is 0 Å². The lowest BCUT2D eigenvalue weighted by Crippen LogP contribution is -2.34. The molecule has 4 nitrogen and oxygen atoms in total. The minimum Gasteiger partial charge on any atom is -0.496 e. The number of alkyl halides is 3. The number of hydrogen-bond acceptors (Lipinski definition) is 4. The van der Waals surface area contributed by atoms with E-state index in [-0.39, 0.29) is 22.8 Å². The van der Waals surface area contributed by atoms with Crippen LogP contribution in [-0.4, -0.2) is 23.5 Å². The van der Waals surface area contributed by atoms with Gasteiger partial charge in [0.2, 0.25) is 5.91 Å². The van der Waals surface area contributed by atoms with Gasteiger partial charge in [-0.1, -0.05) is 51.6 Å². The molecule has 1 N–H and O–H groups in total. The van der Waals surface area contributed by atoms with Gasteiger partial charge in [0.25, 0.3) is 5.24 Å². The molecule has 34 heavy (non-hydrogen) atoms. The Morgan fingerprint density at radius 1 is 1.06 bits per heavy atom. The minimum atomic E-state index is -4.59. The van der Waals surface area contributed by atoms with Gasteiger partial charge in [-0.2, -0.15) is 13.2 Å². The second-order valence-electron chi connectivity index (χ2n) is 10.3. The highest BCUT2D eigenvalue weighted by Crippen LogP contribution is 2.51. The summed E-state index contributed by atoms with van der Waals surface area (Å²) < 4.78 is 49.0. The van der Waals surface area contributed by atoms with Gasteiger partial charge in [-0.05, 0) is 70.5 Å². The van der Waals surface area contributed by atoms with Crippen LogP contribution in [0.4, 0.5) is 18.0 Å². The Bertz CT molecular complexity index is 1170. The number of methoxy groups -OCH3 is 1. The molecular weight excluding hydrogens is 463 g/mol. The fourth-order valence-electron chi connectivity index (χ4n) is 5.01. The fraction of sp³-hybridized carbons (Fsp3) is 0.462. The standard InChI is InChI=1S/C26H28F3NO3S/c1-24(2)9-10-25(3,4)18-13-16(26(27,28)29)15(12-17(18)24)21-14(7-6-8-19(21)33-5)11-20-22(31)30-23(32)34-20/h6-8,12-13,20H,9-11H2,1-5H3,(H,30,31,32). The maximum absolute atomic E-state index is 14.5. The number of imide groups is 1. The van der Waals surface area contributed by atoms with E-state index in [1.807, 2.05) is 13.8 Å². The topological polar surface area (TPSA) is 55.4 Å². The molecule has 0 aromatic heterocycles. The van der Waals surface area contributed by atoms with Crippen molar-refractivity contribution in [2.45, 2.75) is 69.2 Å². The van der Waals surface area contributed by atoms with E-state index < -0.39 is 28.1 Å². The van der Waals surface area contributed by atoms with Crippen LogP contribution >= 0.6 is 11.8 Å². The van der Waals surface area contributed by atoms with E-state index in [0.29, 0.717) is 22.4 Å². The molecule has 4 rings (SSSR count). The van der Waals surface area contributed by atoms with Crippen LogP contribution in [0.25, 0.3) is 11.1 Å². The molecule has 1 unspecified atom stereocenters. The van der Waals surface area contributed by atoms with Crippen LogP contribution in [0, 0.1) is 0 Å². The largest absolute Gasteiger partial charge is 0.496 e. The minimum absolute atomic E-state index is 0.0409. The van der Waals surface area contributed by atoms with Crippen LogP contribution in [-0.2, 0) is 28.2 Å². The van der Waals surface area contributed by atoms with E-state index in [9.17, 15) is 22.8 Å². The van der Waals surface area contributed by atoms with Crippen molar-refractivity contribution in [3.05, 3.63) is 52.6 Å². The Hall–Kier alpha value is -2.48. The average Bonchev–Trinajstić information content (AvgIpc) is 3.06. The zero-order valence-corrected chi connectivity index (χ0v) is 20.7. The van der Waals surface area contributed by atoms with Gasteiger partial charge in [0.15, 0.2) is 0 Å². The molecule has 182 valence electrons. The third kappa shape index (κ3) is 4.32. The smallest absolute Gasteiger partial charge is 0.417 e. The molecule has 8 heteroatoms. The van der Waals surface area contributed by atoms with Crippen LogP contribution in [0.5, 0.6) is 5.75 Å². The van der Waals surface area contributed by atoms with Crippen molar-refractivity contribution in [2.75, 3.05) is 7.11 Å². The summed E-state index contributed by atoms with van der Waals surface area (Å²) in [5.74, 6) is -0.140. The molecule has 1 fully saturated rings. The summed E-state index contributed by atoms with van der Waals surface area (Å²) in [6, 6.07) is 8.00. The predicted molar refractivity (Wildman–Crippen MR) is 127 cm³/mol. The molecule has 1 saturated heterocycles. The maximum atomic E-state index is 14.5. The van der Waals surface area contributed by atoms with Gasteiger partial charge < -0.3 is 4.74 Å². The van der Waals surface area contributed by atoms with E-state index in [1.54, 1.807) is 24.3 Å². The average molecular weight is 492 g/mol. The molecule has 1 atom stereocenters. The molecule has 2 amide bonds. The fourth-order valence-corrected chi connectivity index (χ4v) is 5.85. The molecule has 0 radical (unpaired) electrons. The van der Waals surface area contributed by atoms with Gasteiger partial charge in [-0.3, -0.25) is 14.9 Å². The Labute approximate surface area is 201 Å². The van der Waals surface area contributed by atoms with Crippen molar-refractivity contribution in [1.29, 1.82) is 0 Å². The van der Waals surface area contributed by atoms with Gasteiger partial charge >= 0.3 is 6.18 Å². The van der Waals surface area contributed by atoms with Gasteiger partial charge in [-0.15, -0.1) is 0 Å². The summed E-state index contributed by atoms with van der Waals surface area (Å²) in [4.78, 5) is 23.9. The summed E-state index contributed by atoms with van der Waals surface area (Å²) in [6.45, 7) is 8.10. The molecule has 0 saturated carbocycles.